The molecule has 0 unspecified atom stereocenters. The lowest BCUT2D eigenvalue weighted by molar-refractivity contribution is 0.187. The smallest absolute Gasteiger partial charge is 0.194 e. The molecule has 23 heavy (non-hydrogen) atoms. The van der Waals surface area contributed by atoms with Crippen LogP contribution in [0.25, 0.3) is 0 Å². The van der Waals surface area contributed by atoms with Crippen LogP contribution in [0.4, 0.5) is 0 Å². The fraction of sp³-hybridized carbons (Fsp3) is 0.611. The predicted octanol–water partition coefficient (Wildman–Crippen LogP) is 2.76. The van der Waals surface area contributed by atoms with Crippen LogP contribution in [0, 0.1) is 0 Å². The van der Waals surface area contributed by atoms with E-state index in [0.717, 1.165) is 32.0 Å². The Morgan fingerprint density at radius 2 is 2.09 bits per heavy atom. The van der Waals surface area contributed by atoms with Gasteiger partial charge in [0.25, 0.3) is 0 Å². The van der Waals surface area contributed by atoms with Gasteiger partial charge >= 0.3 is 0 Å². The summed E-state index contributed by atoms with van der Waals surface area (Å²) < 4.78 is 0. The fourth-order valence-corrected chi connectivity index (χ4v) is 3.52. The lowest BCUT2D eigenvalue weighted by Crippen LogP contribution is -2.43. The summed E-state index contributed by atoms with van der Waals surface area (Å²) in [5, 5.41) is 13.1. The first-order valence-electron chi connectivity index (χ1n) is 8.50. The molecule has 1 aromatic carbocycles. The highest BCUT2D eigenvalue weighted by atomic mass is 127. The molecule has 5 heteroatoms. The quantitative estimate of drug-likeness (QED) is 0.440. The Morgan fingerprint density at radius 1 is 1.35 bits per heavy atom. The van der Waals surface area contributed by atoms with Crippen molar-refractivity contribution in [2.75, 3.05) is 26.2 Å². The van der Waals surface area contributed by atoms with E-state index in [0.29, 0.717) is 6.54 Å². The Hall–Kier alpha value is -0.820. The van der Waals surface area contributed by atoms with E-state index in [1.807, 2.05) is 0 Å². The van der Waals surface area contributed by atoms with Crippen LogP contribution >= 0.6 is 24.0 Å². The minimum Gasteiger partial charge on any atom is -0.391 e. The van der Waals surface area contributed by atoms with E-state index in [4.69, 9.17) is 4.99 Å². The molecule has 0 aromatic heterocycles. The number of aliphatic imine (C=N–C) groups is 1. The molecule has 2 fully saturated rings. The first-order valence-corrected chi connectivity index (χ1v) is 8.50. The molecule has 1 aliphatic carbocycles. The number of aliphatic hydroxyl groups excluding tert-OH is 1. The van der Waals surface area contributed by atoms with Gasteiger partial charge in [0.05, 0.1) is 12.6 Å². The van der Waals surface area contributed by atoms with Crippen molar-refractivity contribution in [2.45, 2.75) is 44.1 Å². The number of benzene rings is 1. The summed E-state index contributed by atoms with van der Waals surface area (Å²) in [6.45, 7) is 5.39. The first kappa shape index (κ1) is 18.5. The lowest BCUT2D eigenvalue weighted by Gasteiger charge is -2.41. The SMILES string of the molecule is CCNC(=NCC1(c2ccccc2)CCC1)N1CC[C@@H](O)C1.I. The molecular formula is C18H28IN3O. The Labute approximate surface area is 156 Å². The fourth-order valence-electron chi connectivity index (χ4n) is 3.52. The lowest BCUT2D eigenvalue weighted by atomic mass is 9.64. The van der Waals surface area contributed by atoms with Gasteiger partial charge in [0.2, 0.25) is 0 Å². The second-order valence-electron chi connectivity index (χ2n) is 6.56. The van der Waals surface area contributed by atoms with Crippen LogP contribution in [0.1, 0.15) is 38.2 Å². The Morgan fingerprint density at radius 3 is 2.61 bits per heavy atom. The van der Waals surface area contributed by atoms with Crippen molar-refractivity contribution in [3.8, 4) is 0 Å². The van der Waals surface area contributed by atoms with Gasteiger partial charge in [-0.2, -0.15) is 0 Å². The molecule has 4 nitrogen and oxygen atoms in total. The first-order chi connectivity index (χ1) is 10.7. The summed E-state index contributed by atoms with van der Waals surface area (Å²) in [7, 11) is 0. The normalized spacial score (nSPS) is 23.1. The molecule has 1 aliphatic heterocycles. The highest BCUT2D eigenvalue weighted by Gasteiger charge is 2.38. The third-order valence-electron chi connectivity index (χ3n) is 5.03. The number of nitrogens with one attached hydrogen (secondary N) is 1. The minimum atomic E-state index is -0.212. The zero-order valence-corrected chi connectivity index (χ0v) is 16.2. The Bertz CT molecular complexity index is 516. The van der Waals surface area contributed by atoms with Crippen LogP contribution < -0.4 is 5.32 Å². The van der Waals surface area contributed by atoms with Crippen LogP contribution in [-0.4, -0.2) is 48.2 Å². The summed E-state index contributed by atoms with van der Waals surface area (Å²) in [6.07, 6.45) is 4.37. The maximum absolute atomic E-state index is 9.76. The molecule has 3 rings (SSSR count). The molecule has 0 spiro atoms. The molecule has 1 heterocycles. The molecule has 2 aliphatic rings. The molecule has 2 N–H and O–H groups in total. The van der Waals surface area contributed by atoms with Gasteiger partial charge in [0.15, 0.2) is 5.96 Å². The number of guanidine groups is 1. The van der Waals surface area contributed by atoms with Crippen molar-refractivity contribution in [1.82, 2.24) is 10.2 Å². The van der Waals surface area contributed by atoms with Gasteiger partial charge in [-0.1, -0.05) is 36.8 Å². The van der Waals surface area contributed by atoms with E-state index in [2.05, 4.69) is 47.5 Å². The van der Waals surface area contributed by atoms with Gasteiger partial charge in [0.1, 0.15) is 0 Å². The maximum Gasteiger partial charge on any atom is 0.194 e. The van der Waals surface area contributed by atoms with Gasteiger partial charge in [-0.25, -0.2) is 0 Å². The zero-order valence-electron chi connectivity index (χ0n) is 13.9. The average Bonchev–Trinajstić information content (AvgIpc) is 2.92. The van der Waals surface area contributed by atoms with E-state index < -0.39 is 0 Å². The molecule has 0 bridgehead atoms. The molecule has 1 saturated carbocycles. The number of hydrogen-bond donors (Lipinski definition) is 2. The summed E-state index contributed by atoms with van der Waals surface area (Å²) in [6, 6.07) is 10.8. The third-order valence-corrected chi connectivity index (χ3v) is 5.03. The predicted molar refractivity (Wildman–Crippen MR) is 106 cm³/mol. The second-order valence-corrected chi connectivity index (χ2v) is 6.56. The van der Waals surface area contributed by atoms with Gasteiger partial charge in [-0.3, -0.25) is 4.99 Å². The summed E-state index contributed by atoms with van der Waals surface area (Å²) >= 11 is 0. The Balaban J connectivity index is 0.00000192. The molecule has 1 saturated heterocycles. The highest BCUT2D eigenvalue weighted by molar-refractivity contribution is 14.0. The number of β-amino-alcohol motifs (C(OH)–C–C–N with tert-alkyl or cyclic N) is 1. The Kier molecular flexibility index (Phi) is 6.71. The van der Waals surface area contributed by atoms with Crippen molar-refractivity contribution in [1.29, 1.82) is 0 Å². The monoisotopic (exact) mass is 429 g/mol. The van der Waals surface area contributed by atoms with E-state index in [1.54, 1.807) is 0 Å². The van der Waals surface area contributed by atoms with Crippen LogP contribution in [0.3, 0.4) is 0 Å². The van der Waals surface area contributed by atoms with Crippen LogP contribution in [0.5, 0.6) is 0 Å². The number of aliphatic hydroxyl groups is 1. The van der Waals surface area contributed by atoms with E-state index in [9.17, 15) is 5.11 Å². The van der Waals surface area contributed by atoms with Crippen LogP contribution in [0.2, 0.25) is 0 Å². The molecule has 0 amide bonds. The van der Waals surface area contributed by atoms with Gasteiger partial charge in [-0.05, 0) is 31.7 Å². The number of nitrogens with zero attached hydrogens (tertiary/aromatic N) is 2. The number of rotatable bonds is 4. The van der Waals surface area contributed by atoms with E-state index in [1.165, 1.54) is 24.8 Å². The topological polar surface area (TPSA) is 47.9 Å². The molecule has 128 valence electrons. The van der Waals surface area contributed by atoms with Gasteiger partial charge in [-0.15, -0.1) is 24.0 Å². The van der Waals surface area contributed by atoms with Crippen molar-refractivity contribution < 1.29 is 5.11 Å². The number of hydrogen-bond acceptors (Lipinski definition) is 2. The van der Waals surface area contributed by atoms with Crippen LogP contribution in [0.15, 0.2) is 35.3 Å². The second kappa shape index (κ2) is 8.33. The third kappa shape index (κ3) is 4.18. The number of halogens is 1. The molecule has 0 radical (unpaired) electrons. The maximum atomic E-state index is 9.76. The van der Waals surface area contributed by atoms with Crippen molar-refractivity contribution in [3.63, 3.8) is 0 Å². The molecule has 1 aromatic rings. The minimum absolute atomic E-state index is 0. The van der Waals surface area contributed by atoms with E-state index in [-0.39, 0.29) is 35.5 Å². The molecule has 1 atom stereocenters. The summed E-state index contributed by atoms with van der Waals surface area (Å²) in [5.41, 5.74) is 1.64. The number of likely N-dealkylation sites (tertiary alicyclic amines) is 1. The largest absolute Gasteiger partial charge is 0.391 e. The standard InChI is InChI=1S/C18H27N3O.HI/c1-2-19-17(21-12-9-16(22)13-21)20-14-18(10-6-11-18)15-7-4-3-5-8-15;/h3-5,7-8,16,22H,2,6,9-14H2,1H3,(H,19,20);1H/t16-;/m1./s1. The van der Waals surface area contributed by atoms with E-state index >= 15 is 0 Å². The van der Waals surface area contributed by atoms with Crippen molar-refractivity contribution in [3.05, 3.63) is 35.9 Å². The van der Waals surface area contributed by atoms with Crippen molar-refractivity contribution in [2.24, 2.45) is 4.99 Å². The summed E-state index contributed by atoms with van der Waals surface area (Å²) in [5.74, 6) is 0.959. The highest BCUT2D eigenvalue weighted by Crippen LogP contribution is 2.43. The van der Waals surface area contributed by atoms with Crippen LogP contribution in [-0.2, 0) is 5.41 Å². The summed E-state index contributed by atoms with van der Waals surface area (Å²) in [4.78, 5) is 7.11. The average molecular weight is 429 g/mol. The molecular weight excluding hydrogens is 401 g/mol. The van der Waals surface area contributed by atoms with Crippen molar-refractivity contribution >= 4 is 29.9 Å². The zero-order chi connectivity index (χ0) is 15.4. The van der Waals surface area contributed by atoms with Gasteiger partial charge in [0, 0.05) is 25.0 Å². The van der Waals surface area contributed by atoms with Gasteiger partial charge < -0.3 is 15.3 Å².